The van der Waals surface area contributed by atoms with E-state index in [4.69, 9.17) is 5.73 Å². The van der Waals surface area contributed by atoms with Crippen molar-refractivity contribution < 1.29 is 9.59 Å². The summed E-state index contributed by atoms with van der Waals surface area (Å²) in [5.41, 5.74) is 7.42. The predicted octanol–water partition coefficient (Wildman–Crippen LogP) is 3.22. The van der Waals surface area contributed by atoms with Crippen LogP contribution in [0.4, 0.5) is 5.69 Å². The highest BCUT2D eigenvalue weighted by atomic mass is 32.1. The van der Waals surface area contributed by atoms with Gasteiger partial charge in [-0.2, -0.15) is 11.3 Å². The van der Waals surface area contributed by atoms with Crippen molar-refractivity contribution in [2.45, 2.75) is 0 Å². The van der Waals surface area contributed by atoms with Gasteiger partial charge >= 0.3 is 0 Å². The summed E-state index contributed by atoms with van der Waals surface area (Å²) in [5, 5.41) is 9.17. The zero-order chi connectivity index (χ0) is 15.5. The summed E-state index contributed by atoms with van der Waals surface area (Å²) >= 11 is 3.00. The Morgan fingerprint density at radius 3 is 2.77 bits per heavy atom. The molecule has 0 saturated heterocycles. The third-order valence-corrected chi connectivity index (χ3v) is 4.48. The van der Waals surface area contributed by atoms with E-state index in [1.54, 1.807) is 34.9 Å². The topological polar surface area (TPSA) is 85.1 Å². The molecule has 0 unspecified atom stereocenters. The average Bonchev–Trinajstić information content (AvgIpc) is 3.18. The minimum absolute atomic E-state index is 0.320. The molecular weight excluding hydrogens is 318 g/mol. The highest BCUT2D eigenvalue weighted by molar-refractivity contribution is 7.14. The molecule has 7 heteroatoms. The van der Waals surface area contributed by atoms with E-state index in [1.807, 2.05) is 16.8 Å². The van der Waals surface area contributed by atoms with E-state index < -0.39 is 5.91 Å². The van der Waals surface area contributed by atoms with E-state index in [0.29, 0.717) is 16.9 Å². The first kappa shape index (κ1) is 14.4. The Hall–Kier alpha value is -2.51. The van der Waals surface area contributed by atoms with Crippen LogP contribution in [0.25, 0.3) is 10.6 Å². The first-order chi connectivity index (χ1) is 10.6. The van der Waals surface area contributed by atoms with E-state index in [-0.39, 0.29) is 5.91 Å². The highest BCUT2D eigenvalue weighted by Crippen LogP contribution is 2.26. The molecule has 5 nitrogen and oxygen atoms in total. The Bertz CT molecular complexity index is 825. The van der Waals surface area contributed by atoms with Gasteiger partial charge in [-0.05, 0) is 29.6 Å². The van der Waals surface area contributed by atoms with Gasteiger partial charge in [0, 0.05) is 27.6 Å². The number of primary amides is 1. The number of thiophene rings is 1. The minimum atomic E-state index is -0.537. The number of nitrogens with one attached hydrogen (secondary N) is 1. The summed E-state index contributed by atoms with van der Waals surface area (Å²) in [6.45, 7) is 0. The Morgan fingerprint density at radius 1 is 1.18 bits per heavy atom. The number of hydrogen-bond acceptors (Lipinski definition) is 5. The van der Waals surface area contributed by atoms with Crippen LogP contribution in [0.5, 0.6) is 0 Å². The van der Waals surface area contributed by atoms with Gasteiger partial charge in [0.05, 0.1) is 0 Å². The van der Waals surface area contributed by atoms with Gasteiger partial charge in [-0.1, -0.05) is 6.07 Å². The molecule has 0 atom stereocenters. The number of rotatable bonds is 4. The molecule has 2 heterocycles. The van der Waals surface area contributed by atoms with Crippen molar-refractivity contribution in [2.75, 3.05) is 5.32 Å². The molecular formula is C15H11N3O2S2. The Morgan fingerprint density at radius 2 is 2.05 bits per heavy atom. The fraction of sp³-hybridized carbons (Fsp3) is 0. The van der Waals surface area contributed by atoms with Crippen LogP contribution in [0.3, 0.4) is 0 Å². The number of amides is 2. The van der Waals surface area contributed by atoms with Crippen LogP contribution in [0.1, 0.15) is 20.8 Å². The van der Waals surface area contributed by atoms with Crippen LogP contribution >= 0.6 is 22.7 Å². The number of aromatic nitrogens is 1. The number of hydrogen-bond donors (Lipinski definition) is 2. The maximum atomic E-state index is 12.2. The lowest BCUT2D eigenvalue weighted by Crippen LogP contribution is -2.14. The number of anilines is 1. The number of carbonyl (C=O) groups excluding carboxylic acids is 2. The molecule has 0 spiro atoms. The zero-order valence-electron chi connectivity index (χ0n) is 11.3. The summed E-state index contributed by atoms with van der Waals surface area (Å²) in [5.74, 6) is -0.858. The molecule has 3 N–H and O–H groups in total. The van der Waals surface area contributed by atoms with Crippen LogP contribution in [0.15, 0.2) is 46.5 Å². The van der Waals surface area contributed by atoms with Gasteiger partial charge in [-0.15, -0.1) is 11.3 Å². The number of nitrogens with zero attached hydrogens (tertiary/aromatic N) is 1. The van der Waals surface area contributed by atoms with Crippen LogP contribution in [0.2, 0.25) is 0 Å². The first-order valence-electron chi connectivity index (χ1n) is 6.33. The second kappa shape index (κ2) is 6.08. The normalized spacial score (nSPS) is 10.4. The number of nitrogens with two attached hydrogens (primary N) is 1. The number of carbonyl (C=O) groups is 2. The smallest absolute Gasteiger partial charge is 0.275 e. The molecule has 0 aliphatic carbocycles. The predicted molar refractivity (Wildman–Crippen MR) is 88.3 cm³/mol. The largest absolute Gasteiger partial charge is 0.366 e. The lowest BCUT2D eigenvalue weighted by molar-refractivity contribution is 0.0995. The van der Waals surface area contributed by atoms with Gasteiger partial charge in [0.1, 0.15) is 10.7 Å². The van der Waals surface area contributed by atoms with Gasteiger partial charge in [0.2, 0.25) is 5.91 Å². The third-order valence-electron chi connectivity index (χ3n) is 2.91. The van der Waals surface area contributed by atoms with Crippen LogP contribution in [0, 0.1) is 0 Å². The second-order valence-corrected chi connectivity index (χ2v) is 6.09. The second-order valence-electron chi connectivity index (χ2n) is 4.45. The molecule has 1 aromatic carbocycles. The van der Waals surface area contributed by atoms with Gasteiger partial charge in [-0.25, -0.2) is 4.98 Å². The molecule has 3 aromatic rings. The van der Waals surface area contributed by atoms with Crippen LogP contribution < -0.4 is 11.1 Å². The number of thiazole rings is 1. The maximum Gasteiger partial charge on any atom is 0.275 e. The fourth-order valence-electron chi connectivity index (χ4n) is 1.84. The molecule has 0 aliphatic rings. The Balaban J connectivity index is 1.77. The van der Waals surface area contributed by atoms with Gasteiger partial charge in [0.15, 0.2) is 0 Å². The van der Waals surface area contributed by atoms with Crippen LogP contribution in [-0.2, 0) is 0 Å². The van der Waals surface area contributed by atoms with Crippen molar-refractivity contribution in [1.29, 1.82) is 0 Å². The average molecular weight is 329 g/mol. The van der Waals surface area contributed by atoms with E-state index >= 15 is 0 Å². The van der Waals surface area contributed by atoms with Crippen molar-refractivity contribution in [3.63, 3.8) is 0 Å². The fourth-order valence-corrected chi connectivity index (χ4v) is 3.35. The molecule has 0 fully saturated rings. The first-order valence-corrected chi connectivity index (χ1v) is 8.15. The van der Waals surface area contributed by atoms with Crippen molar-refractivity contribution in [3.8, 4) is 10.6 Å². The molecule has 0 bridgehead atoms. The Kier molecular flexibility index (Phi) is 3.99. The quantitative estimate of drug-likeness (QED) is 0.770. The van der Waals surface area contributed by atoms with Crippen LogP contribution in [-0.4, -0.2) is 16.8 Å². The molecule has 2 aromatic heterocycles. The SMILES string of the molecule is NC(=O)c1cccc(NC(=O)c2csc(-c3ccsc3)n2)c1. The molecule has 22 heavy (non-hydrogen) atoms. The van der Waals surface area contributed by atoms with E-state index in [0.717, 1.165) is 10.6 Å². The Labute approximate surface area is 134 Å². The number of benzene rings is 1. The summed E-state index contributed by atoms with van der Waals surface area (Å²) in [6, 6.07) is 8.44. The van der Waals surface area contributed by atoms with E-state index in [9.17, 15) is 9.59 Å². The zero-order valence-corrected chi connectivity index (χ0v) is 12.9. The molecule has 110 valence electrons. The van der Waals surface area contributed by atoms with Crippen molar-refractivity contribution >= 4 is 40.2 Å². The van der Waals surface area contributed by atoms with Crippen molar-refractivity contribution in [2.24, 2.45) is 5.73 Å². The summed E-state index contributed by atoms with van der Waals surface area (Å²) < 4.78 is 0. The van der Waals surface area contributed by atoms with Crippen molar-refractivity contribution in [1.82, 2.24) is 4.98 Å². The molecule has 0 radical (unpaired) electrons. The standard InChI is InChI=1S/C15H11N3O2S2/c16-13(19)9-2-1-3-11(6-9)17-14(20)12-8-22-15(18-12)10-4-5-21-7-10/h1-8H,(H2,16,19)(H,17,20). The molecule has 3 rings (SSSR count). The summed E-state index contributed by atoms with van der Waals surface area (Å²) in [6.07, 6.45) is 0. The van der Waals surface area contributed by atoms with Gasteiger partial charge < -0.3 is 11.1 Å². The lowest BCUT2D eigenvalue weighted by Gasteiger charge is -2.04. The molecule has 0 aliphatic heterocycles. The summed E-state index contributed by atoms with van der Waals surface area (Å²) in [7, 11) is 0. The van der Waals surface area contributed by atoms with Gasteiger partial charge in [-0.3, -0.25) is 9.59 Å². The highest BCUT2D eigenvalue weighted by Gasteiger charge is 2.13. The maximum absolute atomic E-state index is 12.2. The minimum Gasteiger partial charge on any atom is -0.366 e. The van der Waals surface area contributed by atoms with E-state index in [1.165, 1.54) is 17.4 Å². The molecule has 2 amide bonds. The monoisotopic (exact) mass is 329 g/mol. The third kappa shape index (κ3) is 3.05. The summed E-state index contributed by atoms with van der Waals surface area (Å²) in [4.78, 5) is 27.7. The van der Waals surface area contributed by atoms with E-state index in [2.05, 4.69) is 10.3 Å². The molecule has 0 saturated carbocycles. The van der Waals surface area contributed by atoms with Crippen molar-refractivity contribution in [3.05, 3.63) is 57.7 Å². The van der Waals surface area contributed by atoms with Gasteiger partial charge in [0.25, 0.3) is 5.91 Å². The lowest BCUT2D eigenvalue weighted by atomic mass is 10.2.